The Morgan fingerprint density at radius 1 is 0.736 bits per heavy atom. The van der Waals surface area contributed by atoms with E-state index in [1.54, 1.807) is 0 Å². The van der Waals surface area contributed by atoms with Crippen LogP contribution in [-0.2, 0) is 22.9 Å². The second kappa shape index (κ2) is 21.3. The molecule has 1 saturated heterocycles. The molecule has 4 rings (SSSR count). The van der Waals surface area contributed by atoms with Crippen LogP contribution < -0.4 is 14.9 Å². The molecule has 0 aromatic heterocycles. The summed E-state index contributed by atoms with van der Waals surface area (Å²) in [5.74, 6) is -2.28. The molecule has 22 heteroatoms. The number of aromatic hydroxyl groups is 1. The molecule has 53 heavy (non-hydrogen) atoms. The van der Waals surface area contributed by atoms with E-state index in [1.165, 1.54) is 44.2 Å². The second-order valence-electron chi connectivity index (χ2n) is 11.1. The van der Waals surface area contributed by atoms with Crippen LogP contribution in [0.5, 0.6) is 17.2 Å². The van der Waals surface area contributed by atoms with Gasteiger partial charge in [0.2, 0.25) is 0 Å². The van der Waals surface area contributed by atoms with Gasteiger partial charge in [0.1, 0.15) is 34.7 Å². The zero-order chi connectivity index (χ0) is 40.9. The maximum atomic E-state index is 13.5. The van der Waals surface area contributed by atoms with Crippen LogP contribution in [0.3, 0.4) is 0 Å². The number of halogens is 12. The lowest BCUT2D eigenvalue weighted by molar-refractivity contribution is -0.0507. The van der Waals surface area contributed by atoms with Crippen LogP contribution in [0.2, 0.25) is 0 Å². The lowest BCUT2D eigenvalue weighted by atomic mass is 9.79. The Morgan fingerprint density at radius 3 is 1.49 bits per heavy atom. The number of hydrogen-bond acceptors (Lipinski definition) is 8. The minimum atomic E-state index is -4.32. The SMILES string of the molecule is CC1(C)OB(c2cc(F)cc(OC(F)F)c2)OC1(C)C.CCOP(=O)(OCC)C(F)(F)Br.Fc1cc(Br)cc(OC(F)F)c1.Oc1cc(F)cc(Br)c1. The van der Waals surface area contributed by atoms with Gasteiger partial charge in [0, 0.05) is 43.1 Å². The zero-order valence-corrected chi connectivity index (χ0v) is 34.3. The van der Waals surface area contributed by atoms with Crippen molar-refractivity contribution in [2.24, 2.45) is 0 Å². The molecular weight excluding hydrogens is 953 g/mol. The first-order valence-corrected chi connectivity index (χ1v) is 18.8. The van der Waals surface area contributed by atoms with Crippen LogP contribution >= 0.6 is 55.4 Å². The van der Waals surface area contributed by atoms with E-state index < -0.39 is 61.2 Å². The zero-order valence-electron chi connectivity index (χ0n) is 28.6. The molecule has 0 aliphatic carbocycles. The van der Waals surface area contributed by atoms with Crippen molar-refractivity contribution in [2.75, 3.05) is 13.2 Å². The van der Waals surface area contributed by atoms with Crippen LogP contribution in [0.4, 0.5) is 39.5 Å². The average Bonchev–Trinajstić information content (AvgIpc) is 3.18. The van der Waals surface area contributed by atoms with E-state index in [0.717, 1.165) is 24.3 Å². The summed E-state index contributed by atoms with van der Waals surface area (Å²) in [5.41, 5.74) is -0.874. The molecule has 0 saturated carbocycles. The fourth-order valence-corrected chi connectivity index (χ4v) is 6.19. The van der Waals surface area contributed by atoms with Gasteiger partial charge in [0.15, 0.2) is 0 Å². The molecule has 0 spiro atoms. The number of benzene rings is 3. The molecule has 1 N–H and O–H groups in total. The van der Waals surface area contributed by atoms with Gasteiger partial charge in [-0.1, -0.05) is 31.9 Å². The number of alkyl halides is 7. The van der Waals surface area contributed by atoms with E-state index in [9.17, 15) is 44.1 Å². The third kappa shape index (κ3) is 17.1. The van der Waals surface area contributed by atoms with Crippen LogP contribution in [0, 0.1) is 17.5 Å². The number of phenolic OH excluding ortho intramolecular Hbond substituents is 1. The smallest absolute Gasteiger partial charge is 0.495 e. The van der Waals surface area contributed by atoms with Gasteiger partial charge in [-0.05, 0) is 83.4 Å². The van der Waals surface area contributed by atoms with Crippen molar-refractivity contribution in [1.29, 1.82) is 0 Å². The first-order chi connectivity index (χ1) is 24.2. The number of rotatable bonds is 10. The number of hydrogen-bond donors (Lipinski definition) is 1. The van der Waals surface area contributed by atoms with E-state index in [1.807, 2.05) is 43.6 Å². The molecule has 0 bridgehead atoms. The van der Waals surface area contributed by atoms with Crippen molar-refractivity contribution < 1.29 is 77.0 Å². The molecule has 3 aromatic rings. The molecular formula is C31H34BBr3F9O8P. The third-order valence-corrected chi connectivity index (χ3v) is 10.5. The molecule has 1 aliphatic rings. The van der Waals surface area contributed by atoms with E-state index in [-0.39, 0.29) is 30.5 Å². The highest BCUT2D eigenvalue weighted by molar-refractivity contribution is 9.11. The maximum Gasteiger partial charge on any atom is 0.495 e. The van der Waals surface area contributed by atoms with Crippen LogP contribution in [-0.4, -0.2) is 54.4 Å². The predicted octanol–water partition coefficient (Wildman–Crippen LogP) is 11.4. The van der Waals surface area contributed by atoms with Gasteiger partial charge in [-0.3, -0.25) is 4.57 Å². The second-order valence-corrected chi connectivity index (χ2v) is 16.6. The summed E-state index contributed by atoms with van der Waals surface area (Å²) in [6.07, 6.45) is 0. The molecule has 8 nitrogen and oxygen atoms in total. The van der Waals surface area contributed by atoms with Gasteiger partial charge in [0.25, 0.3) is 0 Å². The summed E-state index contributed by atoms with van der Waals surface area (Å²) >= 11 is 7.91. The van der Waals surface area contributed by atoms with Crippen LogP contribution in [0.25, 0.3) is 0 Å². The summed E-state index contributed by atoms with van der Waals surface area (Å²) in [7, 11) is -5.14. The van der Waals surface area contributed by atoms with Crippen molar-refractivity contribution in [3.63, 3.8) is 0 Å². The first-order valence-electron chi connectivity index (χ1n) is 14.9. The third-order valence-electron chi connectivity index (χ3n) is 6.46. The highest BCUT2D eigenvalue weighted by atomic mass is 79.9. The Bertz CT molecular complexity index is 1560. The summed E-state index contributed by atoms with van der Waals surface area (Å²) in [5, 5.41) is 8.72. The monoisotopic (exact) mass is 984 g/mol. The fourth-order valence-electron chi connectivity index (χ4n) is 3.63. The van der Waals surface area contributed by atoms with Crippen LogP contribution in [0.1, 0.15) is 41.5 Å². The average molecular weight is 987 g/mol. The Kier molecular flexibility index (Phi) is 19.7. The molecule has 1 heterocycles. The highest BCUT2D eigenvalue weighted by Crippen LogP contribution is 2.64. The van der Waals surface area contributed by atoms with Gasteiger partial charge in [-0.2, -0.15) is 26.3 Å². The Hall–Kier alpha value is -2.00. The van der Waals surface area contributed by atoms with Crippen molar-refractivity contribution >= 4 is 68.0 Å². The first kappa shape index (κ1) is 49.0. The van der Waals surface area contributed by atoms with Gasteiger partial charge < -0.3 is 32.9 Å². The lowest BCUT2D eigenvalue weighted by Crippen LogP contribution is -2.41. The van der Waals surface area contributed by atoms with Crippen molar-refractivity contribution in [2.45, 2.75) is 70.5 Å². The predicted molar refractivity (Wildman–Crippen MR) is 190 cm³/mol. The fraction of sp³-hybridized carbons (Fsp3) is 0.419. The quantitative estimate of drug-likeness (QED) is 0.0930. The maximum absolute atomic E-state index is 13.5. The summed E-state index contributed by atoms with van der Waals surface area (Å²) in [6, 6.07) is 10.4. The van der Waals surface area contributed by atoms with Crippen molar-refractivity contribution in [3.8, 4) is 17.2 Å². The summed E-state index contributed by atoms with van der Waals surface area (Å²) in [4.78, 5) is 0. The van der Waals surface area contributed by atoms with E-state index >= 15 is 0 Å². The summed E-state index contributed by atoms with van der Waals surface area (Å²) < 4.78 is 148. The normalized spacial score (nSPS) is 14.8. The Labute approximate surface area is 325 Å². The molecule has 0 amide bonds. The molecule has 298 valence electrons. The molecule has 1 aliphatic heterocycles. The van der Waals surface area contributed by atoms with Gasteiger partial charge in [0.05, 0.1) is 24.4 Å². The molecule has 0 atom stereocenters. The number of ether oxygens (including phenoxy) is 2. The molecule has 0 unspecified atom stereocenters. The Balaban J connectivity index is 0.000000371. The lowest BCUT2D eigenvalue weighted by Gasteiger charge is -2.32. The van der Waals surface area contributed by atoms with Crippen molar-refractivity contribution in [3.05, 3.63) is 81.0 Å². The topological polar surface area (TPSA) is 92.7 Å². The molecule has 0 radical (unpaired) electrons. The summed E-state index contributed by atoms with van der Waals surface area (Å²) in [6.45, 7) is 4.21. The van der Waals surface area contributed by atoms with Crippen LogP contribution in [0.15, 0.2) is 63.5 Å². The minimum Gasteiger partial charge on any atom is -0.508 e. The van der Waals surface area contributed by atoms with E-state index in [2.05, 4.69) is 50.4 Å². The molecule has 3 aromatic carbocycles. The number of phenols is 1. The standard InChI is InChI=1S/C13H16BF3O3.C7H4BrF3O.C6H4BrFO.C5H10BrF2O3P/c1-12(2)13(3,4)20-14(19-12)8-5-9(15)7-10(6-8)18-11(16)17;8-4-1-5(9)3-6(2-4)12-7(10)11;7-4-1-5(8)3-6(9)2-4;1-3-10-12(9,11-4-2)5(6,7)8/h5-7,11H,1-4H3;1-3,7H;1-3,9H;3-4H2,1-2H3. The molecule has 1 fully saturated rings. The van der Waals surface area contributed by atoms with Gasteiger partial charge in [-0.25, -0.2) is 13.2 Å². The Morgan fingerprint density at radius 2 is 1.13 bits per heavy atom. The van der Waals surface area contributed by atoms with Crippen molar-refractivity contribution in [1.82, 2.24) is 0 Å². The minimum absolute atomic E-state index is 0.0677. The van der Waals surface area contributed by atoms with E-state index in [4.69, 9.17) is 14.4 Å². The van der Waals surface area contributed by atoms with E-state index in [0.29, 0.717) is 14.4 Å². The van der Waals surface area contributed by atoms with Gasteiger partial charge in [-0.15, -0.1) is 0 Å². The highest BCUT2D eigenvalue weighted by Gasteiger charge is 2.52. The van der Waals surface area contributed by atoms with Gasteiger partial charge >= 0.3 is 32.5 Å². The largest absolute Gasteiger partial charge is 0.508 e.